The van der Waals surface area contributed by atoms with Crippen molar-refractivity contribution in [3.63, 3.8) is 0 Å². The van der Waals surface area contributed by atoms with Crippen LogP contribution in [0.1, 0.15) is 28.4 Å². The Hall–Kier alpha value is -1.02. The minimum atomic E-state index is -0.556. The Morgan fingerprint density at radius 3 is 2.26 bits per heavy atom. The van der Waals surface area contributed by atoms with Crippen molar-refractivity contribution in [3.05, 3.63) is 68.7 Å². The van der Waals surface area contributed by atoms with E-state index in [1.54, 1.807) is 12.1 Å². The van der Waals surface area contributed by atoms with Crippen LogP contribution in [-0.4, -0.2) is 5.11 Å². The van der Waals surface area contributed by atoms with Crippen LogP contribution >= 0.6 is 23.2 Å². The zero-order chi connectivity index (χ0) is 14.0. The van der Waals surface area contributed by atoms with Gasteiger partial charge in [-0.2, -0.15) is 0 Å². The van der Waals surface area contributed by atoms with Crippen molar-refractivity contribution in [2.45, 2.75) is 26.4 Å². The van der Waals surface area contributed by atoms with Crippen molar-refractivity contribution in [1.29, 1.82) is 0 Å². The van der Waals surface area contributed by atoms with Gasteiger partial charge in [0.25, 0.3) is 0 Å². The molecule has 0 radical (unpaired) electrons. The van der Waals surface area contributed by atoms with E-state index in [2.05, 4.69) is 0 Å². The van der Waals surface area contributed by atoms with E-state index in [9.17, 15) is 5.11 Å². The smallest absolute Gasteiger partial charge is 0.0836 e. The summed E-state index contributed by atoms with van der Waals surface area (Å²) in [6.45, 7) is 4.02. The van der Waals surface area contributed by atoms with Gasteiger partial charge in [-0.25, -0.2) is 0 Å². The SMILES string of the molecule is Cc1cccc(C)c1C(O)Cc1ccc(Cl)cc1Cl. The Kier molecular flexibility index (Phi) is 4.51. The van der Waals surface area contributed by atoms with Crippen LogP contribution in [-0.2, 0) is 6.42 Å². The van der Waals surface area contributed by atoms with E-state index in [1.165, 1.54) is 0 Å². The molecule has 2 rings (SSSR count). The average molecular weight is 295 g/mol. The third kappa shape index (κ3) is 3.30. The van der Waals surface area contributed by atoms with Gasteiger partial charge in [-0.1, -0.05) is 47.5 Å². The average Bonchev–Trinajstić information content (AvgIpc) is 2.32. The summed E-state index contributed by atoms with van der Waals surface area (Å²) in [7, 11) is 0. The Morgan fingerprint density at radius 1 is 1.05 bits per heavy atom. The van der Waals surface area contributed by atoms with E-state index >= 15 is 0 Å². The van der Waals surface area contributed by atoms with Crippen molar-refractivity contribution in [1.82, 2.24) is 0 Å². The van der Waals surface area contributed by atoms with Crippen LogP contribution in [0.5, 0.6) is 0 Å². The van der Waals surface area contributed by atoms with Gasteiger partial charge in [0.15, 0.2) is 0 Å². The molecule has 2 aromatic rings. The molecule has 0 saturated carbocycles. The summed E-state index contributed by atoms with van der Waals surface area (Å²) in [6, 6.07) is 11.4. The zero-order valence-electron chi connectivity index (χ0n) is 11.0. The van der Waals surface area contributed by atoms with Crippen molar-refractivity contribution >= 4 is 23.2 Å². The molecule has 0 aliphatic carbocycles. The fourth-order valence-corrected chi connectivity index (χ4v) is 2.84. The number of benzene rings is 2. The van der Waals surface area contributed by atoms with Gasteiger partial charge in [-0.15, -0.1) is 0 Å². The molecular weight excluding hydrogens is 279 g/mol. The standard InChI is InChI=1S/C16H16Cl2O/c1-10-4-3-5-11(2)16(10)15(19)8-12-6-7-13(17)9-14(12)18/h3-7,9,15,19H,8H2,1-2H3. The van der Waals surface area contributed by atoms with Crippen LogP contribution in [0.3, 0.4) is 0 Å². The lowest BCUT2D eigenvalue weighted by Gasteiger charge is -2.17. The molecule has 0 amide bonds. The van der Waals surface area contributed by atoms with E-state index in [0.717, 1.165) is 22.3 Å². The Morgan fingerprint density at radius 2 is 1.68 bits per heavy atom. The number of hydrogen-bond acceptors (Lipinski definition) is 1. The van der Waals surface area contributed by atoms with Gasteiger partial charge in [-0.05, 0) is 48.2 Å². The molecule has 1 atom stereocenters. The molecular formula is C16H16Cl2O. The molecule has 1 unspecified atom stereocenters. The fraction of sp³-hybridized carbons (Fsp3) is 0.250. The van der Waals surface area contributed by atoms with Crippen molar-refractivity contribution in [2.24, 2.45) is 0 Å². The van der Waals surface area contributed by atoms with E-state index in [4.69, 9.17) is 23.2 Å². The highest BCUT2D eigenvalue weighted by atomic mass is 35.5. The van der Waals surface area contributed by atoms with Gasteiger partial charge < -0.3 is 5.11 Å². The summed E-state index contributed by atoms with van der Waals surface area (Å²) in [6.07, 6.45) is -0.0679. The maximum Gasteiger partial charge on any atom is 0.0836 e. The summed E-state index contributed by atoms with van der Waals surface area (Å²) in [5.74, 6) is 0. The molecule has 3 heteroatoms. The first-order chi connectivity index (χ1) is 8.99. The van der Waals surface area contributed by atoms with Crippen LogP contribution in [0.25, 0.3) is 0 Å². The molecule has 1 N–H and O–H groups in total. The van der Waals surface area contributed by atoms with Gasteiger partial charge >= 0.3 is 0 Å². The molecule has 0 bridgehead atoms. The number of halogens is 2. The van der Waals surface area contributed by atoms with E-state index in [0.29, 0.717) is 16.5 Å². The quantitative estimate of drug-likeness (QED) is 0.855. The molecule has 0 spiro atoms. The van der Waals surface area contributed by atoms with Crippen LogP contribution < -0.4 is 0 Å². The molecule has 2 aromatic carbocycles. The van der Waals surface area contributed by atoms with Crippen LogP contribution in [0.4, 0.5) is 0 Å². The molecule has 19 heavy (non-hydrogen) atoms. The highest BCUT2D eigenvalue weighted by Crippen LogP contribution is 2.29. The van der Waals surface area contributed by atoms with Gasteiger partial charge in [-0.3, -0.25) is 0 Å². The number of aliphatic hydroxyl groups excluding tert-OH is 1. The molecule has 1 nitrogen and oxygen atoms in total. The van der Waals surface area contributed by atoms with Crippen molar-refractivity contribution < 1.29 is 5.11 Å². The lowest BCUT2D eigenvalue weighted by Crippen LogP contribution is -2.06. The van der Waals surface area contributed by atoms with Gasteiger partial charge in [0.2, 0.25) is 0 Å². The van der Waals surface area contributed by atoms with Crippen LogP contribution in [0.2, 0.25) is 10.0 Å². The summed E-state index contributed by atoms with van der Waals surface area (Å²) in [5.41, 5.74) is 4.07. The van der Waals surface area contributed by atoms with Gasteiger partial charge in [0, 0.05) is 16.5 Å². The van der Waals surface area contributed by atoms with E-state index in [1.807, 2.05) is 38.1 Å². The molecule has 0 saturated heterocycles. The molecule has 0 aliphatic rings. The van der Waals surface area contributed by atoms with Crippen LogP contribution in [0, 0.1) is 13.8 Å². The first kappa shape index (κ1) is 14.4. The minimum Gasteiger partial charge on any atom is -0.388 e. The Bertz CT molecular complexity index is 573. The maximum absolute atomic E-state index is 10.4. The molecule has 0 heterocycles. The molecule has 0 aliphatic heterocycles. The largest absolute Gasteiger partial charge is 0.388 e. The van der Waals surface area contributed by atoms with Crippen LogP contribution in [0.15, 0.2) is 36.4 Å². The lowest BCUT2D eigenvalue weighted by atomic mass is 9.94. The highest BCUT2D eigenvalue weighted by Gasteiger charge is 2.15. The van der Waals surface area contributed by atoms with Gasteiger partial charge in [0.1, 0.15) is 0 Å². The van der Waals surface area contributed by atoms with Gasteiger partial charge in [0.05, 0.1) is 6.10 Å². The highest BCUT2D eigenvalue weighted by molar-refractivity contribution is 6.35. The summed E-state index contributed by atoms with van der Waals surface area (Å²) < 4.78 is 0. The topological polar surface area (TPSA) is 20.2 Å². The minimum absolute atomic E-state index is 0.488. The predicted octanol–water partition coefficient (Wildman–Crippen LogP) is 4.89. The maximum atomic E-state index is 10.4. The van der Waals surface area contributed by atoms with E-state index in [-0.39, 0.29) is 0 Å². The third-order valence-corrected chi connectivity index (χ3v) is 3.89. The first-order valence-electron chi connectivity index (χ1n) is 6.17. The predicted molar refractivity (Wildman–Crippen MR) is 81.0 cm³/mol. The second-order valence-corrected chi connectivity index (χ2v) is 5.60. The summed E-state index contributed by atoms with van der Waals surface area (Å²) in [5, 5.41) is 11.6. The zero-order valence-corrected chi connectivity index (χ0v) is 12.5. The monoisotopic (exact) mass is 294 g/mol. The summed E-state index contributed by atoms with van der Waals surface area (Å²) in [4.78, 5) is 0. The number of aryl methyl sites for hydroxylation is 2. The fourth-order valence-electron chi connectivity index (χ4n) is 2.35. The number of hydrogen-bond donors (Lipinski definition) is 1. The second-order valence-electron chi connectivity index (χ2n) is 4.76. The Labute approximate surface area is 123 Å². The van der Waals surface area contributed by atoms with E-state index < -0.39 is 6.10 Å². The number of rotatable bonds is 3. The normalized spacial score (nSPS) is 12.5. The van der Waals surface area contributed by atoms with Crippen molar-refractivity contribution in [2.75, 3.05) is 0 Å². The molecule has 0 aromatic heterocycles. The molecule has 0 fully saturated rings. The second kappa shape index (κ2) is 5.96. The number of aliphatic hydroxyl groups is 1. The molecule has 100 valence electrons. The summed E-state index contributed by atoms with van der Waals surface area (Å²) >= 11 is 12.0. The first-order valence-corrected chi connectivity index (χ1v) is 6.92. The lowest BCUT2D eigenvalue weighted by molar-refractivity contribution is 0.177. The Balaban J connectivity index is 2.28. The third-order valence-electron chi connectivity index (χ3n) is 3.30. The van der Waals surface area contributed by atoms with Crippen molar-refractivity contribution in [3.8, 4) is 0 Å².